The van der Waals surface area contributed by atoms with Crippen LogP contribution in [0.3, 0.4) is 0 Å². The highest BCUT2D eigenvalue weighted by atomic mass is 15.0. The highest BCUT2D eigenvalue weighted by Crippen LogP contribution is 2.68. The summed E-state index contributed by atoms with van der Waals surface area (Å²) in [5, 5.41) is 12.0. The average Bonchev–Trinajstić information content (AvgIpc) is 2.68. The third-order valence-electron chi connectivity index (χ3n) is 4.70. The number of nitriles is 1. The molecule has 0 spiro atoms. The normalized spacial score (nSPS) is 20.6. The summed E-state index contributed by atoms with van der Waals surface area (Å²) in [4.78, 5) is 4.21. The molecular weight excluding hydrogens is 210 g/mol. The summed E-state index contributed by atoms with van der Waals surface area (Å²) < 4.78 is 0. The van der Waals surface area contributed by atoms with Crippen LogP contribution >= 0.6 is 0 Å². The molecular formula is C14H19N3. The third kappa shape index (κ3) is 1.88. The number of nitrogens with one attached hydrogen (secondary N) is 1. The van der Waals surface area contributed by atoms with Gasteiger partial charge in [-0.1, -0.05) is 27.7 Å². The molecule has 0 atom stereocenters. The van der Waals surface area contributed by atoms with Gasteiger partial charge in [0, 0.05) is 12.7 Å². The predicted octanol–water partition coefficient (Wildman–Crippen LogP) is 3.05. The van der Waals surface area contributed by atoms with Crippen LogP contribution < -0.4 is 5.32 Å². The summed E-state index contributed by atoms with van der Waals surface area (Å²) in [6, 6.07) is 5.72. The van der Waals surface area contributed by atoms with Gasteiger partial charge >= 0.3 is 0 Å². The molecule has 1 aliphatic rings. The minimum absolute atomic E-state index is 0.395. The number of hydrogen-bond acceptors (Lipinski definition) is 3. The molecule has 1 aliphatic carbocycles. The van der Waals surface area contributed by atoms with Gasteiger partial charge in [0.25, 0.3) is 0 Å². The number of anilines is 1. The Bertz CT molecular complexity index is 437. The van der Waals surface area contributed by atoms with E-state index in [1.165, 1.54) is 0 Å². The van der Waals surface area contributed by atoms with E-state index in [1.54, 1.807) is 12.3 Å². The fourth-order valence-electron chi connectivity index (χ4n) is 2.61. The van der Waals surface area contributed by atoms with Crippen LogP contribution in [0.15, 0.2) is 18.3 Å². The van der Waals surface area contributed by atoms with Crippen LogP contribution in [0.5, 0.6) is 0 Å². The summed E-state index contributed by atoms with van der Waals surface area (Å²) in [6.45, 7) is 10.2. The smallest absolute Gasteiger partial charge is 0.125 e. The molecule has 0 unspecified atom stereocenters. The highest BCUT2D eigenvalue weighted by molar-refractivity contribution is 5.39. The van der Waals surface area contributed by atoms with E-state index in [0.29, 0.717) is 22.3 Å². The largest absolute Gasteiger partial charge is 0.370 e. The van der Waals surface area contributed by atoms with Gasteiger partial charge in [0.05, 0.1) is 5.56 Å². The lowest BCUT2D eigenvalue weighted by atomic mass is 10.0. The maximum absolute atomic E-state index is 8.68. The number of pyridine rings is 1. The number of nitrogens with zero attached hydrogens (tertiary/aromatic N) is 2. The summed E-state index contributed by atoms with van der Waals surface area (Å²) in [5.41, 5.74) is 1.39. The first-order chi connectivity index (χ1) is 7.89. The second-order valence-electron chi connectivity index (χ2n) is 5.92. The molecule has 0 bridgehead atoms. The van der Waals surface area contributed by atoms with E-state index in [9.17, 15) is 0 Å². The molecule has 0 amide bonds. The molecule has 0 radical (unpaired) electrons. The maximum Gasteiger partial charge on any atom is 0.125 e. The van der Waals surface area contributed by atoms with Crippen molar-refractivity contribution in [2.75, 3.05) is 11.9 Å². The van der Waals surface area contributed by atoms with Gasteiger partial charge in [-0.25, -0.2) is 4.98 Å². The van der Waals surface area contributed by atoms with Crippen LogP contribution in [-0.2, 0) is 0 Å². The van der Waals surface area contributed by atoms with Crippen molar-refractivity contribution < 1.29 is 0 Å². The van der Waals surface area contributed by atoms with E-state index >= 15 is 0 Å². The third-order valence-corrected chi connectivity index (χ3v) is 4.70. The summed E-state index contributed by atoms with van der Waals surface area (Å²) in [7, 11) is 0. The Kier molecular flexibility index (Phi) is 2.61. The van der Waals surface area contributed by atoms with Gasteiger partial charge in [-0.15, -0.1) is 0 Å². The van der Waals surface area contributed by atoms with Crippen LogP contribution in [0.4, 0.5) is 5.82 Å². The first-order valence-electron chi connectivity index (χ1n) is 5.99. The Morgan fingerprint density at radius 1 is 1.29 bits per heavy atom. The van der Waals surface area contributed by atoms with E-state index in [1.807, 2.05) is 6.07 Å². The minimum atomic E-state index is 0.395. The topological polar surface area (TPSA) is 48.7 Å². The Morgan fingerprint density at radius 2 is 1.94 bits per heavy atom. The van der Waals surface area contributed by atoms with Gasteiger partial charge in [-0.05, 0) is 28.9 Å². The maximum atomic E-state index is 8.68. The van der Waals surface area contributed by atoms with Crippen LogP contribution in [-0.4, -0.2) is 11.5 Å². The first kappa shape index (κ1) is 11.9. The van der Waals surface area contributed by atoms with E-state index in [4.69, 9.17) is 5.26 Å². The van der Waals surface area contributed by atoms with Crippen molar-refractivity contribution in [3.8, 4) is 6.07 Å². The van der Waals surface area contributed by atoms with Gasteiger partial charge in [0.15, 0.2) is 0 Å². The lowest BCUT2D eigenvalue weighted by Gasteiger charge is -2.06. The standard InChI is InChI=1S/C14H19N3/c1-13(2)11(14(13,3)4)9-17-12-6-5-10(7-15)8-16-12/h5-6,8,11H,9H2,1-4H3,(H,16,17). The fraction of sp³-hybridized carbons (Fsp3) is 0.571. The van der Waals surface area contributed by atoms with Crippen molar-refractivity contribution in [2.24, 2.45) is 16.7 Å². The molecule has 1 saturated carbocycles. The van der Waals surface area contributed by atoms with Crippen molar-refractivity contribution in [3.63, 3.8) is 0 Å². The first-order valence-corrected chi connectivity index (χ1v) is 5.99. The molecule has 2 rings (SSSR count). The van der Waals surface area contributed by atoms with Gasteiger partial charge in [-0.3, -0.25) is 0 Å². The Hall–Kier alpha value is -1.56. The molecule has 1 N–H and O–H groups in total. The van der Waals surface area contributed by atoms with Gasteiger partial charge < -0.3 is 5.32 Å². The second kappa shape index (κ2) is 3.73. The quantitative estimate of drug-likeness (QED) is 0.866. The Labute approximate surface area is 103 Å². The van der Waals surface area contributed by atoms with Gasteiger partial charge in [0.2, 0.25) is 0 Å². The molecule has 0 aromatic carbocycles. The molecule has 1 aromatic rings. The van der Waals surface area contributed by atoms with Crippen molar-refractivity contribution in [2.45, 2.75) is 27.7 Å². The number of aromatic nitrogens is 1. The van der Waals surface area contributed by atoms with Crippen molar-refractivity contribution in [1.82, 2.24) is 4.98 Å². The van der Waals surface area contributed by atoms with E-state index in [-0.39, 0.29) is 0 Å². The second-order valence-corrected chi connectivity index (χ2v) is 5.92. The van der Waals surface area contributed by atoms with E-state index < -0.39 is 0 Å². The minimum Gasteiger partial charge on any atom is -0.370 e. The van der Waals surface area contributed by atoms with Gasteiger partial charge in [-0.2, -0.15) is 5.26 Å². The highest BCUT2D eigenvalue weighted by Gasteiger charge is 2.64. The molecule has 0 aliphatic heterocycles. The summed E-state index contributed by atoms with van der Waals surface area (Å²) >= 11 is 0. The zero-order valence-electron chi connectivity index (χ0n) is 10.9. The van der Waals surface area contributed by atoms with Crippen molar-refractivity contribution >= 4 is 5.82 Å². The van der Waals surface area contributed by atoms with Crippen LogP contribution in [0.25, 0.3) is 0 Å². The predicted molar refractivity (Wildman–Crippen MR) is 68.5 cm³/mol. The average molecular weight is 229 g/mol. The number of hydrogen-bond donors (Lipinski definition) is 1. The van der Waals surface area contributed by atoms with Crippen molar-refractivity contribution in [3.05, 3.63) is 23.9 Å². The zero-order chi connectivity index (χ0) is 12.7. The van der Waals surface area contributed by atoms with Crippen LogP contribution in [0.2, 0.25) is 0 Å². The SMILES string of the molecule is CC1(C)C(CNc2ccc(C#N)cn2)C1(C)C. The number of rotatable bonds is 3. The van der Waals surface area contributed by atoms with Crippen LogP contribution in [0.1, 0.15) is 33.3 Å². The van der Waals surface area contributed by atoms with Crippen LogP contribution in [0, 0.1) is 28.1 Å². The molecule has 1 heterocycles. The molecule has 1 aromatic heterocycles. The molecule has 0 saturated heterocycles. The molecule has 3 heteroatoms. The molecule has 90 valence electrons. The molecule has 3 nitrogen and oxygen atoms in total. The molecule has 1 fully saturated rings. The summed E-state index contributed by atoms with van der Waals surface area (Å²) in [5.74, 6) is 1.52. The lowest BCUT2D eigenvalue weighted by Crippen LogP contribution is -2.09. The van der Waals surface area contributed by atoms with E-state index in [2.05, 4.69) is 44.1 Å². The Balaban J connectivity index is 1.94. The fourth-order valence-corrected chi connectivity index (χ4v) is 2.61. The zero-order valence-corrected chi connectivity index (χ0v) is 10.9. The van der Waals surface area contributed by atoms with Gasteiger partial charge in [0.1, 0.15) is 11.9 Å². The van der Waals surface area contributed by atoms with Crippen molar-refractivity contribution in [1.29, 1.82) is 5.26 Å². The summed E-state index contributed by atoms with van der Waals surface area (Å²) in [6.07, 6.45) is 1.60. The molecule has 17 heavy (non-hydrogen) atoms. The Morgan fingerprint density at radius 3 is 2.35 bits per heavy atom. The van der Waals surface area contributed by atoms with E-state index in [0.717, 1.165) is 12.4 Å². The monoisotopic (exact) mass is 229 g/mol. The lowest BCUT2D eigenvalue weighted by molar-refractivity contribution is 0.457.